The van der Waals surface area contributed by atoms with Crippen LogP contribution in [0.25, 0.3) is 22.0 Å². The molecule has 0 radical (unpaired) electrons. The Bertz CT molecular complexity index is 1030. The van der Waals surface area contributed by atoms with Gasteiger partial charge in [0.2, 0.25) is 5.91 Å². The lowest BCUT2D eigenvalue weighted by molar-refractivity contribution is -0.116. The van der Waals surface area contributed by atoms with Gasteiger partial charge in [0.05, 0.1) is 5.52 Å². The number of nitrogens with zero attached hydrogens (tertiary/aromatic N) is 3. The predicted octanol–water partition coefficient (Wildman–Crippen LogP) is 3.51. The first-order valence-corrected chi connectivity index (χ1v) is 10.0. The van der Waals surface area contributed by atoms with Gasteiger partial charge in [-0.1, -0.05) is 30.8 Å². The van der Waals surface area contributed by atoms with Crippen LogP contribution in [0.2, 0.25) is 0 Å². The zero-order valence-corrected chi connectivity index (χ0v) is 17.5. The van der Waals surface area contributed by atoms with Gasteiger partial charge in [-0.05, 0) is 56.9 Å². The summed E-state index contributed by atoms with van der Waals surface area (Å²) in [4.78, 5) is 13.5. The number of anilines is 1. The molecule has 0 atom stereocenters. The van der Waals surface area contributed by atoms with Crippen molar-refractivity contribution in [3.05, 3.63) is 60.9 Å². The van der Waals surface area contributed by atoms with Gasteiger partial charge in [-0.3, -0.25) is 4.79 Å². The van der Waals surface area contributed by atoms with Crippen molar-refractivity contribution in [1.82, 2.24) is 20.0 Å². The summed E-state index contributed by atoms with van der Waals surface area (Å²) in [6, 6.07) is 12.5. The number of nitrogens with one attached hydrogen (secondary N) is 2. The summed E-state index contributed by atoms with van der Waals surface area (Å²) in [5, 5.41) is 11.9. The van der Waals surface area contributed by atoms with E-state index in [1.54, 1.807) is 12.1 Å². The summed E-state index contributed by atoms with van der Waals surface area (Å²) >= 11 is 0. The number of amides is 1. The molecule has 0 saturated carbocycles. The minimum absolute atomic E-state index is 0.198. The molecule has 0 unspecified atom stereocenters. The third kappa shape index (κ3) is 5.24. The van der Waals surface area contributed by atoms with Crippen molar-refractivity contribution >= 4 is 22.6 Å². The SMILES string of the molecule is C=CC(=O)NCCNc1c2ccc(-c3ccccc3F)cc2nn1CCCN(C)C. The van der Waals surface area contributed by atoms with Gasteiger partial charge in [0.15, 0.2) is 0 Å². The van der Waals surface area contributed by atoms with E-state index in [-0.39, 0.29) is 11.7 Å². The summed E-state index contributed by atoms with van der Waals surface area (Å²) in [5.41, 5.74) is 2.16. The first-order valence-electron chi connectivity index (χ1n) is 10.0. The summed E-state index contributed by atoms with van der Waals surface area (Å²) in [6.45, 7) is 6.19. The van der Waals surface area contributed by atoms with Gasteiger partial charge in [0, 0.05) is 30.6 Å². The smallest absolute Gasteiger partial charge is 0.243 e. The lowest BCUT2D eigenvalue weighted by Crippen LogP contribution is -2.27. The highest BCUT2D eigenvalue weighted by Crippen LogP contribution is 2.30. The maximum Gasteiger partial charge on any atom is 0.243 e. The van der Waals surface area contributed by atoms with Crippen LogP contribution in [0.5, 0.6) is 0 Å². The number of carbonyl (C=O) groups is 1. The summed E-state index contributed by atoms with van der Waals surface area (Å²) < 4.78 is 16.2. The van der Waals surface area contributed by atoms with E-state index in [9.17, 15) is 9.18 Å². The molecule has 6 nitrogen and oxygen atoms in total. The Kier molecular flexibility index (Phi) is 7.19. The van der Waals surface area contributed by atoms with Crippen molar-refractivity contribution < 1.29 is 9.18 Å². The lowest BCUT2D eigenvalue weighted by atomic mass is 10.0. The van der Waals surface area contributed by atoms with Gasteiger partial charge in [-0.15, -0.1) is 0 Å². The van der Waals surface area contributed by atoms with Crippen molar-refractivity contribution in [2.75, 3.05) is 39.0 Å². The maximum atomic E-state index is 14.2. The number of fused-ring (bicyclic) bond motifs is 1. The summed E-state index contributed by atoms with van der Waals surface area (Å²) in [6.07, 6.45) is 2.20. The Balaban J connectivity index is 1.87. The highest BCUT2D eigenvalue weighted by atomic mass is 19.1. The van der Waals surface area contributed by atoms with Crippen LogP contribution in [0, 0.1) is 5.82 Å². The molecule has 0 bridgehead atoms. The molecule has 2 N–H and O–H groups in total. The Labute approximate surface area is 176 Å². The first kappa shape index (κ1) is 21.5. The number of rotatable bonds is 10. The molecule has 0 aliphatic rings. The molecule has 7 heteroatoms. The Morgan fingerprint density at radius 3 is 2.77 bits per heavy atom. The molecule has 1 heterocycles. The Hall–Kier alpha value is -3.19. The molecule has 0 fully saturated rings. The average Bonchev–Trinajstić information content (AvgIpc) is 3.07. The van der Waals surface area contributed by atoms with Crippen LogP contribution in [0.4, 0.5) is 10.2 Å². The van der Waals surface area contributed by atoms with E-state index >= 15 is 0 Å². The highest BCUT2D eigenvalue weighted by molar-refractivity contribution is 5.93. The van der Waals surface area contributed by atoms with E-state index in [0.29, 0.717) is 18.7 Å². The fourth-order valence-electron chi connectivity index (χ4n) is 3.32. The molecule has 30 heavy (non-hydrogen) atoms. The van der Waals surface area contributed by atoms with Crippen molar-refractivity contribution in [2.45, 2.75) is 13.0 Å². The number of carbonyl (C=O) groups excluding carboxylic acids is 1. The van der Waals surface area contributed by atoms with Crippen molar-refractivity contribution in [3.8, 4) is 11.1 Å². The zero-order chi connectivity index (χ0) is 21.5. The molecule has 0 spiro atoms. The standard InChI is InChI=1S/C23H28FN5O/c1-4-22(30)25-12-13-26-23-19-11-10-17(18-8-5-6-9-20(18)24)16-21(19)27-29(23)15-7-14-28(2)3/h4-6,8-11,16,26H,1,7,12-15H2,2-3H3,(H,25,30). The minimum atomic E-state index is -0.251. The van der Waals surface area contributed by atoms with E-state index in [4.69, 9.17) is 5.10 Å². The van der Waals surface area contributed by atoms with Gasteiger partial charge in [-0.2, -0.15) is 5.10 Å². The molecule has 0 aliphatic heterocycles. The lowest BCUT2D eigenvalue weighted by Gasteiger charge is -2.13. The molecule has 0 saturated heterocycles. The average molecular weight is 410 g/mol. The molecule has 0 aliphatic carbocycles. The second-order valence-electron chi connectivity index (χ2n) is 7.36. The van der Waals surface area contributed by atoms with Gasteiger partial charge in [0.25, 0.3) is 0 Å². The van der Waals surface area contributed by atoms with Crippen molar-refractivity contribution in [1.29, 1.82) is 0 Å². The molecule has 158 valence electrons. The third-order valence-corrected chi connectivity index (χ3v) is 4.80. The predicted molar refractivity (Wildman–Crippen MR) is 120 cm³/mol. The summed E-state index contributed by atoms with van der Waals surface area (Å²) in [7, 11) is 4.09. The normalized spacial score (nSPS) is 11.1. The third-order valence-electron chi connectivity index (χ3n) is 4.80. The van der Waals surface area contributed by atoms with Crippen LogP contribution >= 0.6 is 0 Å². The molecule has 3 rings (SSSR count). The van der Waals surface area contributed by atoms with E-state index in [0.717, 1.165) is 41.8 Å². The number of aromatic nitrogens is 2. The highest BCUT2D eigenvalue weighted by Gasteiger charge is 2.13. The number of benzene rings is 2. The van der Waals surface area contributed by atoms with Crippen LogP contribution in [-0.4, -0.2) is 54.3 Å². The van der Waals surface area contributed by atoms with E-state index < -0.39 is 0 Å². The van der Waals surface area contributed by atoms with Crippen molar-refractivity contribution in [3.63, 3.8) is 0 Å². The molecule has 1 aromatic heterocycles. The first-order chi connectivity index (χ1) is 14.5. The van der Waals surface area contributed by atoms with Gasteiger partial charge >= 0.3 is 0 Å². The van der Waals surface area contributed by atoms with Crippen LogP contribution in [0.1, 0.15) is 6.42 Å². The number of aryl methyl sites for hydroxylation is 1. The number of hydrogen-bond donors (Lipinski definition) is 2. The second kappa shape index (κ2) is 10.0. The topological polar surface area (TPSA) is 62.2 Å². The Morgan fingerprint density at radius 1 is 1.23 bits per heavy atom. The van der Waals surface area contributed by atoms with Crippen LogP contribution in [0.15, 0.2) is 55.1 Å². The van der Waals surface area contributed by atoms with Gasteiger partial charge in [-0.25, -0.2) is 9.07 Å². The van der Waals surface area contributed by atoms with E-state index in [2.05, 4.69) is 22.1 Å². The van der Waals surface area contributed by atoms with E-state index in [1.165, 1.54) is 12.1 Å². The van der Waals surface area contributed by atoms with Gasteiger partial charge < -0.3 is 15.5 Å². The number of halogens is 1. The van der Waals surface area contributed by atoms with Crippen molar-refractivity contribution in [2.24, 2.45) is 0 Å². The van der Waals surface area contributed by atoms with Crippen LogP contribution in [-0.2, 0) is 11.3 Å². The molecule has 1 amide bonds. The van der Waals surface area contributed by atoms with Crippen LogP contribution in [0.3, 0.4) is 0 Å². The molecule has 3 aromatic rings. The molecular formula is C23H28FN5O. The van der Waals surface area contributed by atoms with Crippen LogP contribution < -0.4 is 10.6 Å². The summed E-state index contributed by atoms with van der Waals surface area (Å²) in [5.74, 6) is 0.450. The molecule has 2 aromatic carbocycles. The second-order valence-corrected chi connectivity index (χ2v) is 7.36. The fraction of sp³-hybridized carbons (Fsp3) is 0.304. The minimum Gasteiger partial charge on any atom is -0.368 e. The Morgan fingerprint density at radius 2 is 2.03 bits per heavy atom. The monoisotopic (exact) mass is 409 g/mol. The van der Waals surface area contributed by atoms with Gasteiger partial charge in [0.1, 0.15) is 11.6 Å². The van der Waals surface area contributed by atoms with E-state index in [1.807, 2.05) is 43.0 Å². The number of hydrogen-bond acceptors (Lipinski definition) is 4. The molecular weight excluding hydrogens is 381 g/mol. The fourth-order valence-corrected chi connectivity index (χ4v) is 3.32. The zero-order valence-electron chi connectivity index (χ0n) is 17.5. The quantitative estimate of drug-likeness (QED) is 0.397. The maximum absolute atomic E-state index is 14.2. The largest absolute Gasteiger partial charge is 0.368 e.